The largest absolute Gasteiger partial charge is 0.297 e. The lowest BCUT2D eigenvalue weighted by molar-refractivity contribution is -0.385. The summed E-state index contributed by atoms with van der Waals surface area (Å²) in [6.45, 7) is 2.99. The standard InChI is InChI=1S/C14H14N2O5S/c1-10-3-5-12(6-4-10)22(19,20)21-9-13-11(2)14(16(17)18)7-8-15-13/h3-8H,9H2,1-2H3. The third-order valence-corrected chi connectivity index (χ3v) is 4.41. The third-order valence-electron chi connectivity index (χ3n) is 3.14. The average Bonchev–Trinajstić information content (AvgIpc) is 2.46. The zero-order valence-corrected chi connectivity index (χ0v) is 12.8. The van der Waals surface area contributed by atoms with Crippen molar-refractivity contribution in [2.24, 2.45) is 0 Å². The summed E-state index contributed by atoms with van der Waals surface area (Å²) in [7, 11) is -3.93. The highest BCUT2D eigenvalue weighted by Gasteiger charge is 2.19. The average molecular weight is 322 g/mol. The molecule has 0 saturated carbocycles. The van der Waals surface area contributed by atoms with Gasteiger partial charge in [0.05, 0.1) is 21.1 Å². The summed E-state index contributed by atoms with van der Waals surface area (Å²) in [4.78, 5) is 14.3. The van der Waals surface area contributed by atoms with Crippen molar-refractivity contribution >= 4 is 15.8 Å². The molecule has 0 amide bonds. The Hall–Kier alpha value is -2.32. The van der Waals surface area contributed by atoms with Crippen LogP contribution in [0.1, 0.15) is 16.8 Å². The molecule has 7 nitrogen and oxygen atoms in total. The van der Waals surface area contributed by atoms with Crippen molar-refractivity contribution in [3.8, 4) is 0 Å². The second-order valence-electron chi connectivity index (χ2n) is 4.69. The van der Waals surface area contributed by atoms with Crippen molar-refractivity contribution in [1.82, 2.24) is 4.98 Å². The lowest BCUT2D eigenvalue weighted by Crippen LogP contribution is -2.09. The topological polar surface area (TPSA) is 99.4 Å². The molecule has 22 heavy (non-hydrogen) atoms. The lowest BCUT2D eigenvalue weighted by atomic mass is 10.2. The number of nitrogens with zero attached hydrogens (tertiary/aromatic N) is 2. The number of hydrogen-bond acceptors (Lipinski definition) is 6. The number of pyridine rings is 1. The van der Waals surface area contributed by atoms with Crippen LogP contribution in [-0.2, 0) is 20.9 Å². The van der Waals surface area contributed by atoms with Crippen molar-refractivity contribution in [3.63, 3.8) is 0 Å². The molecule has 0 spiro atoms. The molecule has 0 aliphatic rings. The molecule has 0 saturated heterocycles. The highest BCUT2D eigenvalue weighted by Crippen LogP contribution is 2.21. The van der Waals surface area contributed by atoms with Gasteiger partial charge in [0.15, 0.2) is 0 Å². The van der Waals surface area contributed by atoms with Gasteiger partial charge in [0.2, 0.25) is 0 Å². The van der Waals surface area contributed by atoms with Gasteiger partial charge >= 0.3 is 0 Å². The van der Waals surface area contributed by atoms with Gasteiger partial charge in [-0.1, -0.05) is 17.7 Å². The molecule has 8 heteroatoms. The van der Waals surface area contributed by atoms with Gasteiger partial charge in [-0.3, -0.25) is 19.3 Å². The molecule has 0 fully saturated rings. The molecule has 1 aromatic carbocycles. The van der Waals surface area contributed by atoms with Gasteiger partial charge in [-0.05, 0) is 26.0 Å². The van der Waals surface area contributed by atoms with Crippen LogP contribution in [0.4, 0.5) is 5.69 Å². The van der Waals surface area contributed by atoms with Gasteiger partial charge in [0.25, 0.3) is 15.8 Å². The second kappa shape index (κ2) is 6.20. The fraction of sp³-hybridized carbons (Fsp3) is 0.214. The minimum atomic E-state index is -3.93. The van der Waals surface area contributed by atoms with E-state index in [1.165, 1.54) is 31.3 Å². The van der Waals surface area contributed by atoms with Gasteiger partial charge in [0.1, 0.15) is 6.61 Å². The molecule has 116 valence electrons. The highest BCUT2D eigenvalue weighted by atomic mass is 32.2. The van der Waals surface area contributed by atoms with Crippen molar-refractivity contribution in [3.05, 3.63) is 63.5 Å². The Bertz CT molecular complexity index is 800. The number of aryl methyl sites for hydroxylation is 1. The summed E-state index contributed by atoms with van der Waals surface area (Å²) >= 11 is 0. The molecule has 2 aromatic rings. The molecule has 1 aromatic heterocycles. The Morgan fingerprint density at radius 1 is 1.18 bits per heavy atom. The first-order valence-electron chi connectivity index (χ1n) is 6.36. The van der Waals surface area contributed by atoms with Crippen LogP contribution >= 0.6 is 0 Å². The summed E-state index contributed by atoms with van der Waals surface area (Å²) in [6, 6.07) is 7.46. The molecule has 0 unspecified atom stereocenters. The fourth-order valence-corrected chi connectivity index (χ4v) is 2.69. The van der Waals surface area contributed by atoms with Gasteiger partial charge in [-0.25, -0.2) is 0 Å². The Morgan fingerprint density at radius 2 is 1.82 bits per heavy atom. The third kappa shape index (κ3) is 3.46. The lowest BCUT2D eigenvalue weighted by Gasteiger charge is -2.07. The van der Waals surface area contributed by atoms with E-state index in [1.54, 1.807) is 12.1 Å². The van der Waals surface area contributed by atoms with Crippen LogP contribution in [0.25, 0.3) is 0 Å². The van der Waals surface area contributed by atoms with Gasteiger partial charge in [0, 0.05) is 12.3 Å². The monoisotopic (exact) mass is 322 g/mol. The van der Waals surface area contributed by atoms with E-state index in [0.29, 0.717) is 0 Å². The van der Waals surface area contributed by atoms with Crippen LogP contribution < -0.4 is 0 Å². The van der Waals surface area contributed by atoms with E-state index in [-0.39, 0.29) is 28.4 Å². The van der Waals surface area contributed by atoms with Gasteiger partial charge in [-0.15, -0.1) is 0 Å². The summed E-state index contributed by atoms with van der Waals surface area (Å²) in [5.74, 6) is 0. The molecular formula is C14H14N2O5S. The minimum Gasteiger partial charge on any atom is -0.260 e. The second-order valence-corrected chi connectivity index (χ2v) is 6.30. The van der Waals surface area contributed by atoms with Crippen LogP contribution in [0.3, 0.4) is 0 Å². The van der Waals surface area contributed by atoms with E-state index in [2.05, 4.69) is 4.98 Å². The molecule has 0 atom stereocenters. The van der Waals surface area contributed by atoms with Crippen LogP contribution in [-0.4, -0.2) is 18.3 Å². The van der Waals surface area contributed by atoms with E-state index in [1.807, 2.05) is 6.92 Å². The first-order chi connectivity index (χ1) is 10.3. The Morgan fingerprint density at radius 3 is 2.41 bits per heavy atom. The van der Waals surface area contributed by atoms with Crippen molar-refractivity contribution in [2.45, 2.75) is 25.3 Å². The molecule has 0 bridgehead atoms. The number of benzene rings is 1. The Labute approximate surface area is 127 Å². The van der Waals surface area contributed by atoms with E-state index in [9.17, 15) is 18.5 Å². The predicted octanol–water partition coefficient (Wildman–Crippen LogP) is 2.51. The van der Waals surface area contributed by atoms with Crippen LogP contribution in [0, 0.1) is 24.0 Å². The molecule has 2 rings (SSSR count). The van der Waals surface area contributed by atoms with Gasteiger partial charge in [-0.2, -0.15) is 8.42 Å². The first-order valence-corrected chi connectivity index (χ1v) is 7.77. The highest BCUT2D eigenvalue weighted by molar-refractivity contribution is 7.86. The maximum Gasteiger partial charge on any atom is 0.297 e. The Balaban J connectivity index is 2.21. The zero-order chi connectivity index (χ0) is 16.3. The van der Waals surface area contributed by atoms with E-state index in [4.69, 9.17) is 4.18 Å². The van der Waals surface area contributed by atoms with E-state index in [0.717, 1.165) is 5.56 Å². The number of nitro groups is 1. The smallest absolute Gasteiger partial charge is 0.260 e. The summed E-state index contributed by atoms with van der Waals surface area (Å²) in [5.41, 5.74) is 1.30. The summed E-state index contributed by atoms with van der Waals surface area (Å²) < 4.78 is 29.1. The molecule has 0 N–H and O–H groups in total. The molecule has 1 heterocycles. The van der Waals surface area contributed by atoms with Crippen LogP contribution in [0.15, 0.2) is 41.4 Å². The maximum atomic E-state index is 12.1. The van der Waals surface area contributed by atoms with E-state index >= 15 is 0 Å². The number of aromatic nitrogens is 1. The first kappa shape index (κ1) is 16.1. The summed E-state index contributed by atoms with van der Waals surface area (Å²) in [6.07, 6.45) is 1.25. The van der Waals surface area contributed by atoms with E-state index < -0.39 is 15.0 Å². The SMILES string of the molecule is Cc1ccc(S(=O)(=O)OCc2nccc([N+](=O)[O-])c2C)cc1. The molecule has 0 radical (unpaired) electrons. The minimum absolute atomic E-state index is 0.0289. The van der Waals surface area contributed by atoms with Crippen molar-refractivity contribution < 1.29 is 17.5 Å². The molecule has 0 aliphatic heterocycles. The van der Waals surface area contributed by atoms with Crippen LogP contribution in [0.2, 0.25) is 0 Å². The normalized spacial score (nSPS) is 11.4. The van der Waals surface area contributed by atoms with Crippen LogP contribution in [0.5, 0.6) is 0 Å². The predicted molar refractivity (Wildman–Crippen MR) is 78.8 cm³/mol. The Kier molecular flexibility index (Phi) is 4.53. The number of hydrogen-bond donors (Lipinski definition) is 0. The van der Waals surface area contributed by atoms with Crippen molar-refractivity contribution in [1.29, 1.82) is 0 Å². The molecular weight excluding hydrogens is 308 g/mol. The fourth-order valence-electron chi connectivity index (χ4n) is 1.82. The zero-order valence-electron chi connectivity index (χ0n) is 12.0. The number of rotatable bonds is 5. The maximum absolute atomic E-state index is 12.1. The van der Waals surface area contributed by atoms with Gasteiger partial charge < -0.3 is 0 Å². The quantitative estimate of drug-likeness (QED) is 0.476. The van der Waals surface area contributed by atoms with Crippen molar-refractivity contribution in [2.75, 3.05) is 0 Å². The summed E-state index contributed by atoms with van der Waals surface area (Å²) in [5, 5.41) is 10.8. The molecule has 0 aliphatic carbocycles.